The summed E-state index contributed by atoms with van der Waals surface area (Å²) >= 11 is 0. The van der Waals surface area contributed by atoms with Gasteiger partial charge in [0.2, 0.25) is 10.0 Å². The molecule has 0 heterocycles. The van der Waals surface area contributed by atoms with Crippen molar-refractivity contribution in [3.05, 3.63) is 29.3 Å². The van der Waals surface area contributed by atoms with Crippen LogP contribution in [-0.4, -0.2) is 26.7 Å². The minimum atomic E-state index is -3.54. The van der Waals surface area contributed by atoms with E-state index >= 15 is 0 Å². The number of benzene rings is 1. The van der Waals surface area contributed by atoms with Crippen LogP contribution in [0.2, 0.25) is 0 Å². The minimum absolute atomic E-state index is 0.00282. The van der Waals surface area contributed by atoms with Crippen LogP contribution in [0.1, 0.15) is 38.3 Å². The van der Waals surface area contributed by atoms with E-state index in [2.05, 4.69) is 16.6 Å². The van der Waals surface area contributed by atoms with Gasteiger partial charge in [0.1, 0.15) is 0 Å². The third kappa shape index (κ3) is 5.88. The quantitative estimate of drug-likeness (QED) is 0.837. The third-order valence-electron chi connectivity index (χ3n) is 2.74. The fraction of sp³-hybridized carbons (Fsp3) is 0.500. The van der Waals surface area contributed by atoms with Gasteiger partial charge < -0.3 is 5.11 Å². The van der Waals surface area contributed by atoms with Crippen molar-refractivity contribution in [3.63, 3.8) is 0 Å². The smallest absolute Gasteiger partial charge is 0.240 e. The second kappa shape index (κ2) is 7.08. The maximum absolute atomic E-state index is 12.4. The Morgan fingerprint density at radius 3 is 2.52 bits per heavy atom. The van der Waals surface area contributed by atoms with Gasteiger partial charge in [-0.05, 0) is 30.0 Å². The third-order valence-corrected chi connectivity index (χ3v) is 4.28. The number of aliphatic hydroxyl groups is 1. The standard InChI is InChI=1S/C16H23NO3S/c1-13-8-9-14(7-5-6-10-18)11-15(13)21(19,20)17-12-16(2,3)4/h8-9,11,17-18H,6,10,12H2,1-4H3. The zero-order valence-corrected chi connectivity index (χ0v) is 13.8. The molecule has 0 atom stereocenters. The Bertz CT molecular complexity index is 646. The second-order valence-electron chi connectivity index (χ2n) is 6.14. The SMILES string of the molecule is Cc1ccc(C#CCCO)cc1S(=O)(=O)NCC(C)(C)C. The van der Waals surface area contributed by atoms with Crippen LogP contribution in [0.15, 0.2) is 23.1 Å². The molecule has 0 aromatic heterocycles. The summed E-state index contributed by atoms with van der Waals surface area (Å²) in [6, 6.07) is 5.10. The fourth-order valence-electron chi connectivity index (χ4n) is 1.58. The molecule has 0 unspecified atom stereocenters. The number of rotatable bonds is 4. The maximum atomic E-state index is 12.4. The average molecular weight is 309 g/mol. The van der Waals surface area contributed by atoms with Crippen molar-refractivity contribution in [2.75, 3.05) is 13.2 Å². The van der Waals surface area contributed by atoms with E-state index < -0.39 is 10.0 Å². The van der Waals surface area contributed by atoms with Crippen LogP contribution in [-0.2, 0) is 10.0 Å². The van der Waals surface area contributed by atoms with Crippen molar-refractivity contribution in [1.82, 2.24) is 4.72 Å². The predicted octanol–water partition coefficient (Wildman–Crippen LogP) is 2.05. The molecular weight excluding hydrogens is 286 g/mol. The lowest BCUT2D eigenvalue weighted by Gasteiger charge is -2.19. The molecular formula is C16H23NO3S. The lowest BCUT2D eigenvalue weighted by molar-refractivity contribution is 0.305. The van der Waals surface area contributed by atoms with E-state index in [0.717, 1.165) is 0 Å². The lowest BCUT2D eigenvalue weighted by Crippen LogP contribution is -2.32. The summed E-state index contributed by atoms with van der Waals surface area (Å²) in [6.45, 7) is 8.04. The molecule has 0 fully saturated rings. The Kier molecular flexibility index (Phi) is 5.97. The topological polar surface area (TPSA) is 66.4 Å². The highest BCUT2D eigenvalue weighted by Crippen LogP contribution is 2.18. The van der Waals surface area contributed by atoms with E-state index in [4.69, 9.17) is 5.11 Å². The Labute approximate surface area is 127 Å². The van der Waals surface area contributed by atoms with Crippen molar-refractivity contribution in [3.8, 4) is 11.8 Å². The molecule has 1 aromatic carbocycles. The van der Waals surface area contributed by atoms with Crippen LogP contribution in [0, 0.1) is 24.2 Å². The maximum Gasteiger partial charge on any atom is 0.240 e. The molecule has 0 spiro atoms. The summed E-state index contributed by atoms with van der Waals surface area (Å²) in [6.07, 6.45) is 0.373. The lowest BCUT2D eigenvalue weighted by atomic mass is 9.98. The van der Waals surface area contributed by atoms with E-state index in [0.29, 0.717) is 24.1 Å². The average Bonchev–Trinajstić information content (AvgIpc) is 2.38. The molecule has 0 radical (unpaired) electrons. The summed E-state index contributed by atoms with van der Waals surface area (Å²) < 4.78 is 27.4. The summed E-state index contributed by atoms with van der Waals surface area (Å²) in [5, 5.41) is 8.71. The highest BCUT2D eigenvalue weighted by Gasteiger charge is 2.20. The number of hydrogen-bond donors (Lipinski definition) is 2. The van der Waals surface area contributed by atoms with Gasteiger partial charge in [0.05, 0.1) is 11.5 Å². The molecule has 21 heavy (non-hydrogen) atoms. The van der Waals surface area contributed by atoms with Gasteiger partial charge in [0, 0.05) is 18.5 Å². The van der Waals surface area contributed by atoms with Gasteiger partial charge in [-0.15, -0.1) is 0 Å². The molecule has 5 heteroatoms. The number of aryl methyl sites for hydroxylation is 1. The summed E-state index contributed by atoms with van der Waals surface area (Å²) in [7, 11) is -3.54. The van der Waals surface area contributed by atoms with Crippen LogP contribution in [0.3, 0.4) is 0 Å². The molecule has 1 rings (SSSR count). The molecule has 0 amide bonds. The van der Waals surface area contributed by atoms with Gasteiger partial charge in [-0.3, -0.25) is 0 Å². The van der Waals surface area contributed by atoms with Crippen molar-refractivity contribution in [2.24, 2.45) is 5.41 Å². The van der Waals surface area contributed by atoms with E-state index in [1.165, 1.54) is 0 Å². The Morgan fingerprint density at radius 2 is 1.95 bits per heavy atom. The summed E-state index contributed by atoms with van der Waals surface area (Å²) in [4.78, 5) is 0.252. The van der Waals surface area contributed by atoms with Crippen molar-refractivity contribution < 1.29 is 13.5 Å². The highest BCUT2D eigenvalue weighted by molar-refractivity contribution is 7.89. The Balaban J connectivity index is 3.06. The molecule has 0 saturated heterocycles. The van der Waals surface area contributed by atoms with E-state index in [-0.39, 0.29) is 16.9 Å². The highest BCUT2D eigenvalue weighted by atomic mass is 32.2. The first-order valence-corrected chi connectivity index (χ1v) is 8.34. The van der Waals surface area contributed by atoms with Gasteiger partial charge in [0.25, 0.3) is 0 Å². The minimum Gasteiger partial charge on any atom is -0.395 e. The van der Waals surface area contributed by atoms with E-state index in [1.807, 2.05) is 20.8 Å². The molecule has 0 aliphatic carbocycles. The summed E-state index contributed by atoms with van der Waals surface area (Å²) in [5.41, 5.74) is 1.19. The van der Waals surface area contributed by atoms with Crippen LogP contribution in [0.4, 0.5) is 0 Å². The first-order chi connectivity index (χ1) is 9.65. The zero-order valence-electron chi connectivity index (χ0n) is 13.0. The number of aliphatic hydroxyl groups excluding tert-OH is 1. The Morgan fingerprint density at radius 1 is 1.29 bits per heavy atom. The van der Waals surface area contributed by atoms with Gasteiger partial charge in [-0.25, -0.2) is 13.1 Å². The molecule has 0 aliphatic rings. The van der Waals surface area contributed by atoms with Crippen molar-refractivity contribution >= 4 is 10.0 Å². The number of nitrogens with one attached hydrogen (secondary N) is 1. The molecule has 0 bridgehead atoms. The molecule has 2 N–H and O–H groups in total. The largest absolute Gasteiger partial charge is 0.395 e. The van der Waals surface area contributed by atoms with Crippen LogP contribution in [0.25, 0.3) is 0 Å². The van der Waals surface area contributed by atoms with Crippen LogP contribution >= 0.6 is 0 Å². The van der Waals surface area contributed by atoms with Crippen molar-refractivity contribution in [1.29, 1.82) is 0 Å². The molecule has 116 valence electrons. The molecule has 0 saturated carbocycles. The summed E-state index contributed by atoms with van der Waals surface area (Å²) in [5.74, 6) is 5.65. The molecule has 1 aromatic rings. The van der Waals surface area contributed by atoms with Gasteiger partial charge in [-0.2, -0.15) is 0 Å². The predicted molar refractivity (Wildman–Crippen MR) is 84.4 cm³/mol. The van der Waals surface area contributed by atoms with Crippen LogP contribution < -0.4 is 4.72 Å². The van der Waals surface area contributed by atoms with Gasteiger partial charge in [-0.1, -0.05) is 38.7 Å². The first-order valence-electron chi connectivity index (χ1n) is 6.86. The van der Waals surface area contributed by atoms with Gasteiger partial charge in [0.15, 0.2) is 0 Å². The second-order valence-corrected chi connectivity index (χ2v) is 7.88. The Hall–Kier alpha value is -1.35. The van der Waals surface area contributed by atoms with Crippen molar-refractivity contribution in [2.45, 2.75) is 39.0 Å². The number of sulfonamides is 1. The first kappa shape index (κ1) is 17.7. The zero-order chi connectivity index (χ0) is 16.1. The molecule has 0 aliphatic heterocycles. The van der Waals surface area contributed by atoms with Gasteiger partial charge >= 0.3 is 0 Å². The van der Waals surface area contributed by atoms with Crippen LogP contribution in [0.5, 0.6) is 0 Å². The normalized spacial score (nSPS) is 11.9. The van der Waals surface area contributed by atoms with E-state index in [9.17, 15) is 8.42 Å². The van der Waals surface area contributed by atoms with E-state index in [1.54, 1.807) is 25.1 Å². The number of hydrogen-bond acceptors (Lipinski definition) is 3. The monoisotopic (exact) mass is 309 g/mol. The fourth-order valence-corrected chi connectivity index (χ4v) is 3.13. The molecule has 4 nitrogen and oxygen atoms in total.